The Morgan fingerprint density at radius 1 is 1.04 bits per heavy atom. The normalized spacial score (nSPS) is 15.3. The maximum atomic E-state index is 14.3. The summed E-state index contributed by atoms with van der Waals surface area (Å²) in [5.41, 5.74) is 8.70. The van der Waals surface area contributed by atoms with Crippen molar-refractivity contribution in [3.05, 3.63) is 88.4 Å². The van der Waals surface area contributed by atoms with Crippen LogP contribution >= 0.6 is 0 Å². The van der Waals surface area contributed by atoms with Crippen LogP contribution in [-0.4, -0.2) is 64.4 Å². The smallest absolute Gasteiger partial charge is 0.285 e. The summed E-state index contributed by atoms with van der Waals surface area (Å²) in [7, 11) is 0. The van der Waals surface area contributed by atoms with Crippen molar-refractivity contribution >= 4 is 28.8 Å². The summed E-state index contributed by atoms with van der Waals surface area (Å²) in [6, 6.07) is 14.7. The number of nitrogen functional groups attached to an aromatic ring is 1. The number of aromatic nitrogens is 6. The summed E-state index contributed by atoms with van der Waals surface area (Å²) >= 11 is 0. The Hall–Kier alpha value is -5.33. The van der Waals surface area contributed by atoms with E-state index in [1.54, 1.807) is 39.9 Å². The molecule has 5 aromatic rings. The summed E-state index contributed by atoms with van der Waals surface area (Å²) in [6.45, 7) is 4.11. The van der Waals surface area contributed by atoms with Crippen molar-refractivity contribution in [3.63, 3.8) is 0 Å². The molecule has 0 saturated carbocycles. The Balaban J connectivity index is 1.14. The van der Waals surface area contributed by atoms with Gasteiger partial charge in [-0.1, -0.05) is 18.2 Å². The number of nitrogens with one attached hydrogen (secondary N) is 1. The van der Waals surface area contributed by atoms with Crippen LogP contribution in [-0.2, 0) is 17.8 Å². The first kappa shape index (κ1) is 29.4. The summed E-state index contributed by atoms with van der Waals surface area (Å²) < 4.78 is 19.4. The third-order valence-corrected chi connectivity index (χ3v) is 8.90. The Labute approximate surface area is 263 Å². The molecular formula is C33H34FN9O3. The lowest BCUT2D eigenvalue weighted by Crippen LogP contribution is -2.46. The Bertz CT molecular complexity index is 2020. The molecule has 2 aliphatic rings. The number of benzene rings is 1. The number of alkyl halides is 1. The molecule has 1 aromatic carbocycles. The molecule has 1 fully saturated rings. The van der Waals surface area contributed by atoms with Gasteiger partial charge in [0.2, 0.25) is 0 Å². The highest BCUT2D eigenvalue weighted by Crippen LogP contribution is 2.37. The zero-order valence-electron chi connectivity index (χ0n) is 25.6. The average Bonchev–Trinajstić information content (AvgIpc) is 3.74. The van der Waals surface area contributed by atoms with Gasteiger partial charge in [-0.05, 0) is 75.4 Å². The number of pyridine rings is 1. The van der Waals surface area contributed by atoms with Gasteiger partial charge in [0.25, 0.3) is 17.4 Å². The van der Waals surface area contributed by atoms with E-state index in [1.165, 1.54) is 24.9 Å². The number of halogens is 1. The largest absolute Gasteiger partial charge is 0.382 e. The van der Waals surface area contributed by atoms with Gasteiger partial charge in [-0.2, -0.15) is 9.78 Å². The van der Waals surface area contributed by atoms with E-state index in [0.717, 1.165) is 23.2 Å². The van der Waals surface area contributed by atoms with E-state index in [-0.39, 0.29) is 11.5 Å². The van der Waals surface area contributed by atoms with Crippen molar-refractivity contribution in [1.82, 2.24) is 33.8 Å². The highest BCUT2D eigenvalue weighted by atomic mass is 19.1. The van der Waals surface area contributed by atoms with Gasteiger partial charge in [0, 0.05) is 48.7 Å². The van der Waals surface area contributed by atoms with Crippen LogP contribution in [0.4, 0.5) is 15.9 Å². The van der Waals surface area contributed by atoms with Gasteiger partial charge in [-0.15, -0.1) is 0 Å². The highest BCUT2D eigenvalue weighted by Gasteiger charge is 2.35. The molecule has 2 aliphatic heterocycles. The summed E-state index contributed by atoms with van der Waals surface area (Å²) in [5, 5.41) is 7.40. The Morgan fingerprint density at radius 3 is 2.50 bits per heavy atom. The number of piperidine rings is 1. The van der Waals surface area contributed by atoms with Gasteiger partial charge in [0.05, 0.1) is 5.69 Å². The number of nitrogens with zero attached hydrogens (tertiary/aromatic N) is 7. The first-order valence-electron chi connectivity index (χ1n) is 15.4. The van der Waals surface area contributed by atoms with Crippen LogP contribution in [0.5, 0.6) is 0 Å². The van der Waals surface area contributed by atoms with Gasteiger partial charge in [0.1, 0.15) is 17.4 Å². The van der Waals surface area contributed by atoms with E-state index in [1.807, 2.05) is 28.9 Å². The van der Waals surface area contributed by atoms with Crippen LogP contribution < -0.4 is 16.6 Å². The number of likely N-dealkylation sites (tertiary alicyclic amines) is 1. The molecule has 236 valence electrons. The highest BCUT2D eigenvalue weighted by molar-refractivity contribution is 6.05. The summed E-state index contributed by atoms with van der Waals surface area (Å²) in [6.07, 6.45) is 5.83. The molecule has 2 amide bonds. The molecule has 4 aromatic heterocycles. The topological polar surface area (TPSA) is 145 Å². The molecule has 0 bridgehead atoms. The Morgan fingerprint density at radius 2 is 1.80 bits per heavy atom. The zero-order valence-corrected chi connectivity index (χ0v) is 25.6. The fourth-order valence-electron chi connectivity index (χ4n) is 6.69. The number of amides is 2. The van der Waals surface area contributed by atoms with Gasteiger partial charge in [0.15, 0.2) is 17.3 Å². The summed E-state index contributed by atoms with van der Waals surface area (Å²) in [5.74, 6) is -0.0735. The molecule has 12 nitrogen and oxygen atoms in total. The van der Waals surface area contributed by atoms with E-state index in [2.05, 4.69) is 20.4 Å². The first-order chi connectivity index (χ1) is 22.1. The van der Waals surface area contributed by atoms with Crippen LogP contribution in [0.15, 0.2) is 65.8 Å². The maximum absolute atomic E-state index is 14.3. The van der Waals surface area contributed by atoms with E-state index in [4.69, 9.17) is 5.73 Å². The minimum atomic E-state index is -1.91. The van der Waals surface area contributed by atoms with Crippen LogP contribution in [0.2, 0.25) is 0 Å². The second-order valence-electron chi connectivity index (χ2n) is 12.3. The number of hydrogen-bond acceptors (Lipinski definition) is 7. The molecule has 7 rings (SSSR count). The number of anilines is 2. The second-order valence-corrected chi connectivity index (χ2v) is 12.3. The number of nitrogens with two attached hydrogens (primary N) is 1. The van der Waals surface area contributed by atoms with Crippen molar-refractivity contribution in [2.45, 2.75) is 57.7 Å². The molecule has 1 saturated heterocycles. The molecule has 0 radical (unpaired) electrons. The van der Waals surface area contributed by atoms with Crippen molar-refractivity contribution in [2.24, 2.45) is 0 Å². The molecule has 0 atom stereocenters. The van der Waals surface area contributed by atoms with Crippen LogP contribution in [0.1, 0.15) is 60.8 Å². The van der Waals surface area contributed by atoms with Crippen LogP contribution in [0.25, 0.3) is 22.5 Å². The van der Waals surface area contributed by atoms with Crippen molar-refractivity contribution < 1.29 is 14.0 Å². The predicted molar refractivity (Wildman–Crippen MR) is 171 cm³/mol. The van der Waals surface area contributed by atoms with E-state index in [0.29, 0.717) is 67.4 Å². The SMILES string of the molecule is CC(C)(F)C(=O)N1CCC(c2cc(-c3ccc(NC(=O)c4c5n(n(-c6ccccn6)c4=O)CCC5)cc3)c3c(N)ncnn23)CC1. The number of carbonyl (C=O) groups excluding carboxylic acids is 2. The van der Waals surface area contributed by atoms with E-state index in [9.17, 15) is 18.8 Å². The quantitative estimate of drug-likeness (QED) is 0.291. The number of rotatable bonds is 6. The standard InChI is InChI=1S/C33H34FN9O3/c1-33(2,34)32(46)40-16-12-21(13-17-40)25-18-23(28-29(35)37-19-38-42(25)28)20-8-10-22(11-9-20)39-30(44)27-24-6-5-15-41(24)43(31(27)45)26-7-3-4-14-36-26/h3-4,7-11,14,18-19,21H,5-6,12-13,15-17H2,1-2H3,(H,39,44)(H2,35,37,38). The monoisotopic (exact) mass is 623 g/mol. The fourth-order valence-corrected chi connectivity index (χ4v) is 6.69. The Kier molecular flexibility index (Phi) is 7.18. The number of carbonyl (C=O) groups is 2. The maximum Gasteiger partial charge on any atom is 0.285 e. The molecule has 46 heavy (non-hydrogen) atoms. The third-order valence-electron chi connectivity index (χ3n) is 8.90. The van der Waals surface area contributed by atoms with Gasteiger partial charge in [-0.25, -0.2) is 18.9 Å². The average molecular weight is 624 g/mol. The molecule has 0 spiro atoms. The third kappa shape index (κ3) is 5.01. The summed E-state index contributed by atoms with van der Waals surface area (Å²) in [4.78, 5) is 49.5. The lowest BCUT2D eigenvalue weighted by atomic mass is 9.92. The number of hydrogen-bond donors (Lipinski definition) is 2. The van der Waals surface area contributed by atoms with Crippen molar-refractivity contribution in [2.75, 3.05) is 24.1 Å². The molecule has 3 N–H and O–H groups in total. The number of fused-ring (bicyclic) bond motifs is 2. The molecule has 13 heteroatoms. The lowest BCUT2D eigenvalue weighted by molar-refractivity contribution is -0.143. The molecule has 0 unspecified atom stereocenters. The minimum absolute atomic E-state index is 0.0835. The van der Waals surface area contributed by atoms with Crippen molar-refractivity contribution in [1.29, 1.82) is 0 Å². The van der Waals surface area contributed by atoms with Crippen LogP contribution in [0.3, 0.4) is 0 Å². The van der Waals surface area contributed by atoms with E-state index >= 15 is 0 Å². The molecular weight excluding hydrogens is 589 g/mol. The molecule has 0 aliphatic carbocycles. The van der Waals surface area contributed by atoms with Crippen LogP contribution in [0, 0.1) is 0 Å². The van der Waals surface area contributed by atoms with Gasteiger partial charge < -0.3 is 16.0 Å². The lowest BCUT2D eigenvalue weighted by Gasteiger charge is -2.34. The second kappa shape index (κ2) is 11.2. The van der Waals surface area contributed by atoms with Gasteiger partial charge >= 0.3 is 0 Å². The van der Waals surface area contributed by atoms with E-state index < -0.39 is 23.0 Å². The zero-order chi connectivity index (χ0) is 32.2. The fraction of sp³-hybridized carbons (Fsp3) is 0.333. The predicted octanol–water partition coefficient (Wildman–Crippen LogP) is 3.98. The first-order valence-corrected chi connectivity index (χ1v) is 15.4. The minimum Gasteiger partial charge on any atom is -0.382 e. The molecule has 6 heterocycles. The van der Waals surface area contributed by atoms with Gasteiger partial charge in [-0.3, -0.25) is 19.1 Å². The van der Waals surface area contributed by atoms with Crippen molar-refractivity contribution in [3.8, 4) is 16.9 Å².